The molecule has 98 valence electrons. The van der Waals surface area contributed by atoms with Crippen molar-refractivity contribution < 1.29 is 19.4 Å². The van der Waals surface area contributed by atoms with Gasteiger partial charge in [0.1, 0.15) is 5.75 Å². The van der Waals surface area contributed by atoms with Gasteiger partial charge in [-0.3, -0.25) is 9.78 Å². The smallest absolute Gasteiger partial charge is 0.337 e. The number of aromatic nitrogens is 1. The third-order valence-corrected chi connectivity index (χ3v) is 1.84. The Kier molecular flexibility index (Phi) is 4.25. The summed E-state index contributed by atoms with van der Waals surface area (Å²) in [6, 6.07) is 1.32. The van der Waals surface area contributed by atoms with E-state index < -0.39 is 5.97 Å². The van der Waals surface area contributed by atoms with Crippen LogP contribution in [-0.4, -0.2) is 34.1 Å². The molecule has 1 amide bonds. The molecule has 2 N–H and O–H groups in total. The average Bonchev–Trinajstić information content (AvgIpc) is 2.24. The van der Waals surface area contributed by atoms with E-state index in [9.17, 15) is 9.59 Å². The van der Waals surface area contributed by atoms with E-state index in [4.69, 9.17) is 9.84 Å². The van der Waals surface area contributed by atoms with E-state index in [1.165, 1.54) is 18.5 Å². The monoisotopic (exact) mass is 252 g/mol. The van der Waals surface area contributed by atoms with Gasteiger partial charge < -0.3 is 15.2 Å². The molecule has 0 unspecified atom stereocenters. The average molecular weight is 252 g/mol. The Bertz CT molecular complexity index is 452. The van der Waals surface area contributed by atoms with Gasteiger partial charge in [0.05, 0.1) is 11.8 Å². The van der Waals surface area contributed by atoms with E-state index in [1.807, 2.05) is 20.8 Å². The first-order valence-corrected chi connectivity index (χ1v) is 5.40. The molecule has 0 aliphatic carbocycles. The fraction of sp³-hybridized carbons (Fsp3) is 0.417. The number of carbonyl (C=O) groups excluding carboxylic acids is 1. The molecule has 0 saturated carbocycles. The minimum absolute atomic E-state index is 0.0173. The Hall–Kier alpha value is -2.11. The maximum atomic E-state index is 11.5. The van der Waals surface area contributed by atoms with Gasteiger partial charge in [0, 0.05) is 11.7 Å². The molecule has 0 bridgehead atoms. The number of rotatable bonds is 4. The predicted octanol–water partition coefficient (Wildman–Crippen LogP) is 1.07. The van der Waals surface area contributed by atoms with Gasteiger partial charge in [-0.2, -0.15) is 0 Å². The van der Waals surface area contributed by atoms with Gasteiger partial charge in [-0.25, -0.2) is 4.79 Å². The fourth-order valence-corrected chi connectivity index (χ4v) is 1.22. The first-order valence-electron chi connectivity index (χ1n) is 5.40. The predicted molar refractivity (Wildman–Crippen MR) is 64.6 cm³/mol. The van der Waals surface area contributed by atoms with Crippen LogP contribution in [0.3, 0.4) is 0 Å². The van der Waals surface area contributed by atoms with Crippen molar-refractivity contribution in [3.63, 3.8) is 0 Å². The number of pyridine rings is 1. The Balaban J connectivity index is 2.56. The van der Waals surface area contributed by atoms with Crippen molar-refractivity contribution in [2.45, 2.75) is 26.3 Å². The molecule has 0 fully saturated rings. The number of carbonyl (C=O) groups is 2. The van der Waals surface area contributed by atoms with Gasteiger partial charge in [-0.1, -0.05) is 0 Å². The minimum Gasteiger partial charge on any atom is -0.482 e. The van der Waals surface area contributed by atoms with Crippen molar-refractivity contribution in [2.75, 3.05) is 6.61 Å². The Labute approximate surface area is 105 Å². The van der Waals surface area contributed by atoms with Gasteiger partial charge >= 0.3 is 5.97 Å². The molecule has 0 atom stereocenters. The number of nitrogens with one attached hydrogen (secondary N) is 1. The molecule has 1 aromatic rings. The van der Waals surface area contributed by atoms with Crippen molar-refractivity contribution in [3.8, 4) is 5.75 Å². The lowest BCUT2D eigenvalue weighted by molar-refractivity contribution is -0.124. The summed E-state index contributed by atoms with van der Waals surface area (Å²) in [5.74, 6) is -1.12. The van der Waals surface area contributed by atoms with E-state index in [1.54, 1.807) is 0 Å². The zero-order valence-corrected chi connectivity index (χ0v) is 10.6. The first-order chi connectivity index (χ1) is 8.28. The van der Waals surface area contributed by atoms with Crippen molar-refractivity contribution >= 4 is 11.9 Å². The first kappa shape index (κ1) is 14.0. The lowest BCUT2D eigenvalue weighted by atomic mass is 10.1. The van der Waals surface area contributed by atoms with Gasteiger partial charge in [-0.15, -0.1) is 0 Å². The third kappa shape index (κ3) is 4.82. The van der Waals surface area contributed by atoms with Crippen molar-refractivity contribution in [1.29, 1.82) is 0 Å². The number of hydrogen-bond donors (Lipinski definition) is 2. The molecule has 0 spiro atoms. The molecule has 0 aliphatic heterocycles. The zero-order valence-electron chi connectivity index (χ0n) is 10.6. The van der Waals surface area contributed by atoms with Crippen LogP contribution in [0.4, 0.5) is 0 Å². The SMILES string of the molecule is CC(C)(C)NC(=O)COc1cncc(C(=O)O)c1. The molecular formula is C12H16N2O4. The van der Waals surface area contributed by atoms with Crippen molar-refractivity contribution in [2.24, 2.45) is 0 Å². The zero-order chi connectivity index (χ0) is 13.8. The largest absolute Gasteiger partial charge is 0.482 e. The second kappa shape index (κ2) is 5.48. The normalized spacial score (nSPS) is 10.8. The van der Waals surface area contributed by atoms with E-state index >= 15 is 0 Å². The molecule has 1 heterocycles. The van der Waals surface area contributed by atoms with Crippen LogP contribution in [0.1, 0.15) is 31.1 Å². The number of carboxylic acid groups (broad SMARTS) is 1. The second-order valence-corrected chi connectivity index (χ2v) is 4.80. The number of carboxylic acids is 1. The minimum atomic E-state index is -1.09. The van der Waals surface area contributed by atoms with Gasteiger partial charge in [0.25, 0.3) is 5.91 Å². The lowest BCUT2D eigenvalue weighted by Gasteiger charge is -2.20. The van der Waals surface area contributed by atoms with Crippen molar-refractivity contribution in [1.82, 2.24) is 10.3 Å². The summed E-state index contributed by atoms with van der Waals surface area (Å²) in [6.45, 7) is 5.40. The van der Waals surface area contributed by atoms with Crippen LogP contribution in [0, 0.1) is 0 Å². The summed E-state index contributed by atoms with van der Waals surface area (Å²) in [5, 5.41) is 11.5. The van der Waals surface area contributed by atoms with Gasteiger partial charge in [-0.05, 0) is 26.8 Å². The summed E-state index contributed by atoms with van der Waals surface area (Å²) in [7, 11) is 0. The maximum absolute atomic E-state index is 11.5. The molecule has 18 heavy (non-hydrogen) atoms. The molecule has 0 aromatic carbocycles. The molecule has 0 radical (unpaired) electrons. The highest BCUT2D eigenvalue weighted by Gasteiger charge is 2.14. The van der Waals surface area contributed by atoms with E-state index in [2.05, 4.69) is 10.3 Å². The molecule has 1 aromatic heterocycles. The number of aromatic carboxylic acids is 1. The summed E-state index contributed by atoms with van der Waals surface area (Å²) >= 11 is 0. The lowest BCUT2D eigenvalue weighted by Crippen LogP contribution is -2.43. The molecule has 6 nitrogen and oxygen atoms in total. The topological polar surface area (TPSA) is 88.5 Å². The third-order valence-electron chi connectivity index (χ3n) is 1.84. The molecule has 6 heteroatoms. The highest BCUT2D eigenvalue weighted by Crippen LogP contribution is 2.11. The summed E-state index contributed by atoms with van der Waals surface area (Å²) in [6.07, 6.45) is 2.57. The number of amides is 1. The quantitative estimate of drug-likeness (QED) is 0.836. The Morgan fingerprint density at radius 2 is 2.06 bits per heavy atom. The van der Waals surface area contributed by atoms with Crippen LogP contribution in [0.2, 0.25) is 0 Å². The van der Waals surface area contributed by atoms with Crippen LogP contribution in [0.15, 0.2) is 18.5 Å². The number of ether oxygens (including phenoxy) is 1. The summed E-state index contributed by atoms with van der Waals surface area (Å²) in [5.41, 5.74) is -0.314. The standard InChI is InChI=1S/C12H16N2O4/c1-12(2,3)14-10(15)7-18-9-4-8(11(16)17)5-13-6-9/h4-6H,7H2,1-3H3,(H,14,15)(H,16,17). The fourth-order valence-electron chi connectivity index (χ4n) is 1.22. The van der Waals surface area contributed by atoms with Crippen LogP contribution < -0.4 is 10.1 Å². The van der Waals surface area contributed by atoms with Crippen molar-refractivity contribution in [3.05, 3.63) is 24.0 Å². The van der Waals surface area contributed by atoms with Crippen LogP contribution in [0.5, 0.6) is 5.75 Å². The number of hydrogen-bond acceptors (Lipinski definition) is 4. The second-order valence-electron chi connectivity index (χ2n) is 4.80. The maximum Gasteiger partial charge on any atom is 0.337 e. The molecular weight excluding hydrogens is 236 g/mol. The summed E-state index contributed by atoms with van der Waals surface area (Å²) < 4.78 is 5.17. The molecule has 0 aliphatic rings. The van der Waals surface area contributed by atoms with Crippen LogP contribution in [-0.2, 0) is 4.79 Å². The highest BCUT2D eigenvalue weighted by atomic mass is 16.5. The van der Waals surface area contributed by atoms with Gasteiger partial charge in [0.2, 0.25) is 0 Å². The molecule has 0 saturated heterocycles. The highest BCUT2D eigenvalue weighted by molar-refractivity contribution is 5.87. The van der Waals surface area contributed by atoms with E-state index in [0.717, 1.165) is 0 Å². The van der Waals surface area contributed by atoms with Crippen LogP contribution >= 0.6 is 0 Å². The summed E-state index contributed by atoms with van der Waals surface area (Å²) in [4.78, 5) is 25.9. The molecule has 1 rings (SSSR count). The Morgan fingerprint density at radius 1 is 1.39 bits per heavy atom. The van der Waals surface area contributed by atoms with E-state index in [-0.39, 0.29) is 29.4 Å². The Morgan fingerprint density at radius 3 is 2.61 bits per heavy atom. The van der Waals surface area contributed by atoms with Gasteiger partial charge in [0.15, 0.2) is 6.61 Å². The number of nitrogens with zero attached hydrogens (tertiary/aromatic N) is 1. The van der Waals surface area contributed by atoms with Crippen LogP contribution in [0.25, 0.3) is 0 Å². The van der Waals surface area contributed by atoms with E-state index in [0.29, 0.717) is 0 Å².